The van der Waals surface area contributed by atoms with Crippen LogP contribution in [0.3, 0.4) is 0 Å². The molecule has 5 heavy (non-hydrogen) atoms. The summed E-state index contributed by atoms with van der Waals surface area (Å²) in [6, 6.07) is 0. The van der Waals surface area contributed by atoms with Crippen LogP contribution in [0.25, 0.3) is 0 Å². The molecule has 0 aliphatic rings. The second-order valence-electron chi connectivity index (χ2n) is 0.439. The second-order valence-corrected chi connectivity index (χ2v) is 0.439. The van der Waals surface area contributed by atoms with Crippen molar-refractivity contribution in [2.24, 2.45) is 0 Å². The normalized spacial score (nSPS) is 4.80. The summed E-state index contributed by atoms with van der Waals surface area (Å²) in [6.07, 6.45) is 2.58. The largest absolute Gasteiger partial charge is 0.331 e. The fourth-order valence-corrected chi connectivity index (χ4v) is 0.0417. The van der Waals surface area contributed by atoms with Crippen LogP contribution in [-0.2, 0) is 4.79 Å². The molecule has 1 nitrogen and oxygen atoms in total. The van der Waals surface area contributed by atoms with Crippen molar-refractivity contribution >= 4 is 6.29 Å². The molecule has 0 heterocycles. The van der Waals surface area contributed by atoms with Gasteiger partial charge in [-0.2, -0.15) is 6.08 Å². The minimum atomic E-state index is 0.507. The number of carbonyl (C=O) groups is 1. The highest BCUT2D eigenvalue weighted by atomic mass is 16.1. The van der Waals surface area contributed by atoms with Crippen molar-refractivity contribution in [1.82, 2.24) is 0 Å². The van der Waals surface area contributed by atoms with Crippen molar-refractivity contribution in [2.45, 2.75) is 0 Å². The van der Waals surface area contributed by atoms with Crippen molar-refractivity contribution in [2.75, 3.05) is 0 Å². The van der Waals surface area contributed by atoms with Gasteiger partial charge in [0.2, 0.25) is 0 Å². The number of hydrogen-bond donors (Lipinski definition) is 0. The average Bonchev–Trinajstić information content (AvgIpc) is 1.41. The summed E-state index contributed by atoms with van der Waals surface area (Å²) in [5.41, 5.74) is 2.15. The molecule has 0 fully saturated rings. The predicted molar refractivity (Wildman–Crippen MR) is 18.4 cm³/mol. The van der Waals surface area contributed by atoms with Gasteiger partial charge in [0, 0.05) is 0 Å². The SMILES string of the molecule is C=C=[C-]C=O. The van der Waals surface area contributed by atoms with Gasteiger partial charge in [0.05, 0.1) is 6.29 Å². The van der Waals surface area contributed by atoms with Crippen LogP contribution in [0.15, 0.2) is 12.3 Å². The molecular weight excluding hydrogens is 64.0 g/mol. The van der Waals surface area contributed by atoms with Gasteiger partial charge >= 0.3 is 0 Å². The van der Waals surface area contributed by atoms with Crippen LogP contribution in [0.4, 0.5) is 0 Å². The van der Waals surface area contributed by atoms with Gasteiger partial charge in [0.1, 0.15) is 0 Å². The lowest BCUT2D eigenvalue weighted by Crippen LogP contribution is -1.49. The van der Waals surface area contributed by atoms with E-state index >= 15 is 0 Å². The third kappa shape index (κ3) is 3.19. The fraction of sp³-hybridized carbons (Fsp3) is 0. The van der Waals surface area contributed by atoms with Gasteiger partial charge in [-0.25, -0.2) is 6.58 Å². The first-order valence-electron chi connectivity index (χ1n) is 1.13. The zero-order valence-corrected chi connectivity index (χ0v) is 2.69. The van der Waals surface area contributed by atoms with Gasteiger partial charge < -0.3 is 10.5 Å². The number of allylic oxidation sites excluding steroid dienone is 1. The summed E-state index contributed by atoms with van der Waals surface area (Å²) in [7, 11) is 0. The molecule has 26 valence electrons. The highest BCUT2D eigenvalue weighted by Gasteiger charge is 1.30. The Morgan fingerprint density at radius 1 is 2.00 bits per heavy atom. The topological polar surface area (TPSA) is 17.1 Å². The van der Waals surface area contributed by atoms with E-state index in [9.17, 15) is 4.79 Å². The molecule has 0 aromatic carbocycles. The van der Waals surface area contributed by atoms with Gasteiger partial charge in [-0.05, 0) is 0 Å². The van der Waals surface area contributed by atoms with E-state index in [1.807, 2.05) is 0 Å². The maximum atomic E-state index is 9.19. The van der Waals surface area contributed by atoms with Gasteiger partial charge in [-0.3, -0.25) is 0 Å². The molecule has 0 spiro atoms. The zero-order chi connectivity index (χ0) is 4.12. The summed E-state index contributed by atoms with van der Waals surface area (Å²) in [4.78, 5) is 9.19. The molecule has 0 aliphatic heterocycles. The molecule has 0 bridgehead atoms. The summed E-state index contributed by atoms with van der Waals surface area (Å²) in [6.45, 7) is 3.08. The smallest absolute Gasteiger partial charge is 0.0608 e. The van der Waals surface area contributed by atoms with Gasteiger partial charge in [-0.1, -0.05) is 0 Å². The lowest BCUT2D eigenvalue weighted by Gasteiger charge is -1.56. The van der Waals surface area contributed by atoms with Crippen LogP contribution in [-0.4, -0.2) is 6.29 Å². The summed E-state index contributed by atoms with van der Waals surface area (Å²) in [5, 5.41) is 0. The standard InChI is InChI=1S/C4H3O/c1-2-3-4-5/h4H,1H2/q-1. The van der Waals surface area contributed by atoms with Gasteiger partial charge in [-0.15, -0.1) is 0 Å². The molecule has 0 unspecified atom stereocenters. The van der Waals surface area contributed by atoms with E-state index in [-0.39, 0.29) is 0 Å². The van der Waals surface area contributed by atoms with Crippen LogP contribution >= 0.6 is 0 Å². The number of carbonyl (C=O) groups excluding carboxylic acids is 1. The molecule has 0 saturated carbocycles. The zero-order valence-electron chi connectivity index (χ0n) is 2.69. The summed E-state index contributed by atoms with van der Waals surface area (Å²) >= 11 is 0. The van der Waals surface area contributed by atoms with Crippen molar-refractivity contribution in [1.29, 1.82) is 0 Å². The van der Waals surface area contributed by atoms with E-state index in [4.69, 9.17) is 0 Å². The predicted octanol–water partition coefficient (Wildman–Crippen LogP) is 0.330. The lowest BCUT2D eigenvalue weighted by atomic mass is 10.7. The maximum Gasteiger partial charge on any atom is 0.0608 e. The third-order valence-corrected chi connectivity index (χ3v) is 0.161. The Bertz CT molecular complexity index is 67.7. The summed E-state index contributed by atoms with van der Waals surface area (Å²) in [5.74, 6) is 0. The molecule has 0 aromatic rings. The monoisotopic (exact) mass is 67.0 g/mol. The van der Waals surface area contributed by atoms with Crippen LogP contribution in [0.5, 0.6) is 0 Å². The van der Waals surface area contributed by atoms with Crippen LogP contribution in [0, 0.1) is 6.08 Å². The molecule has 0 rings (SSSR count). The first-order valence-corrected chi connectivity index (χ1v) is 1.13. The summed E-state index contributed by atoms with van der Waals surface area (Å²) < 4.78 is 0. The highest BCUT2D eigenvalue weighted by Crippen LogP contribution is 1.41. The molecule has 0 aliphatic carbocycles. The van der Waals surface area contributed by atoms with E-state index in [2.05, 4.69) is 18.4 Å². The first-order chi connectivity index (χ1) is 2.41. The van der Waals surface area contributed by atoms with E-state index in [1.54, 1.807) is 0 Å². The van der Waals surface area contributed by atoms with Crippen LogP contribution < -0.4 is 0 Å². The quantitative estimate of drug-likeness (QED) is 0.187. The molecular formula is C4H3O-. The Balaban J connectivity index is 3.31. The fourth-order valence-electron chi connectivity index (χ4n) is 0.0417. The van der Waals surface area contributed by atoms with Crippen molar-refractivity contribution in [3.05, 3.63) is 18.4 Å². The van der Waals surface area contributed by atoms with Crippen LogP contribution in [0.1, 0.15) is 0 Å². The first kappa shape index (κ1) is 4.19. The lowest BCUT2D eigenvalue weighted by molar-refractivity contribution is -0.104. The Morgan fingerprint density at radius 2 is 2.60 bits per heavy atom. The Morgan fingerprint density at radius 3 is 2.60 bits per heavy atom. The van der Waals surface area contributed by atoms with Crippen molar-refractivity contribution in [3.63, 3.8) is 0 Å². The Kier molecular flexibility index (Phi) is 2.67. The molecule has 0 amide bonds. The van der Waals surface area contributed by atoms with Crippen molar-refractivity contribution in [3.8, 4) is 0 Å². The molecule has 0 N–H and O–H groups in total. The minimum absolute atomic E-state index is 0.507. The molecule has 0 saturated heterocycles. The number of hydrogen-bond acceptors (Lipinski definition) is 1. The molecule has 1 heteroatoms. The highest BCUT2D eigenvalue weighted by molar-refractivity contribution is 5.58. The van der Waals surface area contributed by atoms with E-state index in [1.165, 1.54) is 0 Å². The minimum Gasteiger partial charge on any atom is -0.331 e. The maximum absolute atomic E-state index is 9.19. The number of rotatable bonds is 1. The third-order valence-electron chi connectivity index (χ3n) is 0.161. The van der Waals surface area contributed by atoms with E-state index in [0.717, 1.165) is 0 Å². The van der Waals surface area contributed by atoms with Crippen molar-refractivity contribution < 1.29 is 4.79 Å². The number of aldehydes is 1. The van der Waals surface area contributed by atoms with E-state index < -0.39 is 0 Å². The van der Waals surface area contributed by atoms with Gasteiger partial charge in [0.25, 0.3) is 0 Å². The average molecular weight is 67.1 g/mol. The Hall–Kier alpha value is -0.810. The molecule has 0 radical (unpaired) electrons. The van der Waals surface area contributed by atoms with Gasteiger partial charge in [0.15, 0.2) is 0 Å². The second kappa shape index (κ2) is 3.19. The molecule has 0 aromatic heterocycles. The molecule has 0 atom stereocenters. The van der Waals surface area contributed by atoms with Crippen LogP contribution in [0.2, 0.25) is 0 Å². The Labute approximate surface area is 30.6 Å². The van der Waals surface area contributed by atoms with E-state index in [0.29, 0.717) is 6.29 Å².